The van der Waals surface area contributed by atoms with Crippen LogP contribution in [-0.2, 0) is 14.3 Å². The first-order chi connectivity index (χ1) is 14.5. The van der Waals surface area contributed by atoms with Gasteiger partial charge in [0.25, 0.3) is 0 Å². The van der Waals surface area contributed by atoms with Crippen molar-refractivity contribution in [2.75, 3.05) is 24.7 Å². The summed E-state index contributed by atoms with van der Waals surface area (Å²) in [4.78, 5) is 32.6. The highest BCUT2D eigenvalue weighted by atomic mass is 19.1. The summed E-state index contributed by atoms with van der Waals surface area (Å²) < 4.78 is 24.4. The molecule has 0 saturated heterocycles. The fraction of sp³-hybridized carbons (Fsp3) is 0.429. The van der Waals surface area contributed by atoms with Gasteiger partial charge in [0, 0.05) is 12.4 Å². The molecule has 0 bridgehead atoms. The molecular weight excluding hydrogens is 393 g/mol. The third-order valence-electron chi connectivity index (χ3n) is 5.02. The van der Waals surface area contributed by atoms with Crippen LogP contribution in [0, 0.1) is 17.7 Å². The quantitative estimate of drug-likeness (QED) is 0.697. The number of benzene rings is 1. The Labute approximate surface area is 173 Å². The molecule has 1 aliphatic carbocycles. The molecule has 2 aromatic rings. The smallest absolute Gasteiger partial charge is 0.420 e. The van der Waals surface area contributed by atoms with Crippen molar-refractivity contribution < 1.29 is 28.6 Å². The number of carboxylic acids is 1. The van der Waals surface area contributed by atoms with Gasteiger partial charge >= 0.3 is 12.1 Å². The third kappa shape index (κ3) is 6.21. The Morgan fingerprint density at radius 1 is 1.13 bits per heavy atom. The van der Waals surface area contributed by atoms with E-state index in [2.05, 4.69) is 9.97 Å². The zero-order chi connectivity index (χ0) is 21.3. The molecule has 1 saturated carbocycles. The fourth-order valence-electron chi connectivity index (χ4n) is 3.48. The second-order valence-electron chi connectivity index (χ2n) is 7.25. The van der Waals surface area contributed by atoms with Gasteiger partial charge in [-0.3, -0.25) is 4.98 Å². The molecule has 160 valence electrons. The van der Waals surface area contributed by atoms with Gasteiger partial charge in [-0.1, -0.05) is 6.07 Å². The molecule has 1 N–H and O–H groups in total. The van der Waals surface area contributed by atoms with E-state index in [0.717, 1.165) is 25.7 Å². The number of aromatic nitrogens is 2. The van der Waals surface area contributed by atoms with Gasteiger partial charge in [-0.2, -0.15) is 0 Å². The lowest BCUT2D eigenvalue weighted by Gasteiger charge is -2.28. The maximum atomic E-state index is 13.7. The predicted octanol–water partition coefficient (Wildman–Crippen LogP) is 3.80. The number of hydrogen-bond donors (Lipinski definition) is 1. The summed E-state index contributed by atoms with van der Waals surface area (Å²) in [7, 11) is 0. The summed E-state index contributed by atoms with van der Waals surface area (Å²) in [5.41, 5.74) is 0.305. The average Bonchev–Trinajstić information content (AvgIpc) is 2.74. The molecule has 1 aliphatic rings. The maximum absolute atomic E-state index is 13.7. The van der Waals surface area contributed by atoms with Gasteiger partial charge in [0.15, 0.2) is 5.82 Å². The normalized spacial score (nSPS) is 18.6. The van der Waals surface area contributed by atoms with E-state index in [9.17, 15) is 14.0 Å². The van der Waals surface area contributed by atoms with E-state index >= 15 is 0 Å². The second kappa shape index (κ2) is 10.6. The van der Waals surface area contributed by atoms with E-state index in [0.29, 0.717) is 18.2 Å². The molecular formula is C21H24FN3O5. The Morgan fingerprint density at radius 2 is 1.87 bits per heavy atom. The molecule has 1 aromatic carbocycles. The molecule has 0 atom stereocenters. The molecule has 0 spiro atoms. The topological polar surface area (TPSA) is 102 Å². The number of aliphatic carboxylic acids is 1. The Morgan fingerprint density at radius 3 is 2.50 bits per heavy atom. The molecule has 0 unspecified atom stereocenters. The Bertz CT molecular complexity index is 844. The summed E-state index contributed by atoms with van der Waals surface area (Å²) in [5.74, 6) is -0.674. The Hall–Kier alpha value is -3.07. The van der Waals surface area contributed by atoms with Crippen LogP contribution in [0.2, 0.25) is 0 Å². The molecule has 3 rings (SSSR count). The van der Waals surface area contributed by atoms with E-state index < -0.39 is 17.9 Å². The minimum absolute atomic E-state index is 0.209. The molecule has 1 fully saturated rings. The van der Waals surface area contributed by atoms with Crippen LogP contribution >= 0.6 is 0 Å². The first-order valence-corrected chi connectivity index (χ1v) is 9.81. The van der Waals surface area contributed by atoms with Gasteiger partial charge in [0.2, 0.25) is 0 Å². The van der Waals surface area contributed by atoms with Crippen LogP contribution in [-0.4, -0.2) is 47.0 Å². The van der Waals surface area contributed by atoms with Gasteiger partial charge < -0.3 is 14.6 Å². The second-order valence-corrected chi connectivity index (χ2v) is 7.25. The number of halogens is 1. The van der Waals surface area contributed by atoms with Crippen LogP contribution in [0.5, 0.6) is 0 Å². The lowest BCUT2D eigenvalue weighted by molar-refractivity contribution is -0.142. The number of carboxylic acid groups (broad SMARTS) is 1. The first-order valence-electron chi connectivity index (χ1n) is 9.81. The van der Waals surface area contributed by atoms with E-state index in [-0.39, 0.29) is 24.9 Å². The number of carbonyl (C=O) groups excluding carboxylic acids is 1. The minimum Gasteiger partial charge on any atom is -0.480 e. The van der Waals surface area contributed by atoms with Crippen molar-refractivity contribution >= 4 is 23.6 Å². The molecule has 0 aliphatic heterocycles. The summed E-state index contributed by atoms with van der Waals surface area (Å²) in [6.45, 7) is 0.391. The molecule has 1 amide bonds. The van der Waals surface area contributed by atoms with Crippen LogP contribution in [0.1, 0.15) is 25.7 Å². The monoisotopic (exact) mass is 417 g/mol. The van der Waals surface area contributed by atoms with Gasteiger partial charge in [-0.05, 0) is 55.7 Å². The van der Waals surface area contributed by atoms with Crippen LogP contribution in [0.3, 0.4) is 0 Å². The average molecular weight is 417 g/mol. The van der Waals surface area contributed by atoms with Crippen molar-refractivity contribution in [1.29, 1.82) is 0 Å². The Balaban J connectivity index is 1.55. The van der Waals surface area contributed by atoms with Crippen molar-refractivity contribution in [1.82, 2.24) is 9.97 Å². The van der Waals surface area contributed by atoms with Crippen molar-refractivity contribution in [3.63, 3.8) is 0 Å². The summed E-state index contributed by atoms with van der Waals surface area (Å²) in [6, 6.07) is 5.64. The summed E-state index contributed by atoms with van der Waals surface area (Å²) in [5, 5.41) is 8.63. The third-order valence-corrected chi connectivity index (χ3v) is 5.02. The van der Waals surface area contributed by atoms with Crippen molar-refractivity contribution in [3.8, 4) is 0 Å². The number of ether oxygens (including phenoxy) is 2. The number of hydrogen-bond acceptors (Lipinski definition) is 6. The molecule has 9 heteroatoms. The lowest BCUT2D eigenvalue weighted by Crippen LogP contribution is -2.30. The zero-order valence-electron chi connectivity index (χ0n) is 16.4. The summed E-state index contributed by atoms with van der Waals surface area (Å²) >= 11 is 0. The number of anilines is 2. The minimum atomic E-state index is -0.971. The number of nitrogens with zero attached hydrogens (tertiary/aromatic N) is 3. The van der Waals surface area contributed by atoms with E-state index in [1.165, 1.54) is 41.7 Å². The number of amides is 1. The SMILES string of the molecule is O=C(O)COC[C@H]1CC[C@H](COC(=O)N(c2cccc(F)c2)c2cnccn2)CC1. The van der Waals surface area contributed by atoms with Crippen molar-refractivity contribution in [3.05, 3.63) is 48.7 Å². The molecule has 0 radical (unpaired) electrons. The molecule has 1 aromatic heterocycles. The van der Waals surface area contributed by atoms with Crippen LogP contribution in [0.25, 0.3) is 0 Å². The van der Waals surface area contributed by atoms with Gasteiger partial charge in [-0.25, -0.2) is 23.9 Å². The maximum Gasteiger partial charge on any atom is 0.420 e. The van der Waals surface area contributed by atoms with E-state index in [4.69, 9.17) is 14.6 Å². The predicted molar refractivity (Wildman–Crippen MR) is 106 cm³/mol. The molecule has 1 heterocycles. The fourth-order valence-corrected chi connectivity index (χ4v) is 3.48. The van der Waals surface area contributed by atoms with Crippen molar-refractivity contribution in [2.45, 2.75) is 25.7 Å². The molecule has 8 nitrogen and oxygen atoms in total. The highest BCUT2D eigenvalue weighted by Crippen LogP contribution is 2.30. The van der Waals surface area contributed by atoms with E-state index in [1.54, 1.807) is 6.07 Å². The van der Waals surface area contributed by atoms with Gasteiger partial charge in [0.05, 0.1) is 25.1 Å². The Kier molecular flexibility index (Phi) is 7.67. The summed E-state index contributed by atoms with van der Waals surface area (Å²) in [6.07, 6.45) is 7.19. The highest BCUT2D eigenvalue weighted by molar-refractivity contribution is 5.94. The van der Waals surface area contributed by atoms with Gasteiger partial charge in [0.1, 0.15) is 12.4 Å². The lowest BCUT2D eigenvalue weighted by atomic mass is 9.83. The number of carbonyl (C=O) groups is 2. The van der Waals surface area contributed by atoms with Crippen LogP contribution < -0.4 is 4.90 Å². The van der Waals surface area contributed by atoms with Crippen molar-refractivity contribution in [2.24, 2.45) is 11.8 Å². The standard InChI is InChI=1S/C21H24FN3O5/c22-17-2-1-3-18(10-17)25(19-11-23-8-9-24-19)21(28)30-13-16-6-4-15(5-7-16)12-29-14-20(26)27/h1-3,8-11,15-16H,4-7,12-14H2,(H,26,27)/t15-,16-. The zero-order valence-corrected chi connectivity index (χ0v) is 16.4. The number of rotatable bonds is 8. The highest BCUT2D eigenvalue weighted by Gasteiger charge is 2.26. The largest absolute Gasteiger partial charge is 0.480 e. The molecule has 30 heavy (non-hydrogen) atoms. The van der Waals surface area contributed by atoms with Crippen LogP contribution in [0.15, 0.2) is 42.9 Å². The van der Waals surface area contributed by atoms with Crippen LogP contribution in [0.4, 0.5) is 20.7 Å². The first kappa shape index (κ1) is 21.6. The van der Waals surface area contributed by atoms with Gasteiger partial charge in [-0.15, -0.1) is 0 Å². The van der Waals surface area contributed by atoms with E-state index in [1.807, 2.05) is 0 Å².